The number of aromatic nitrogens is 3. The number of hydrogen-bond acceptors (Lipinski definition) is 4. The molecule has 0 spiro atoms. The van der Waals surface area contributed by atoms with Gasteiger partial charge in [0.05, 0.1) is 10.9 Å². The molecule has 3 N–H and O–H groups in total. The first-order chi connectivity index (χ1) is 7.09. The van der Waals surface area contributed by atoms with Crippen LogP contribution >= 0.6 is 0 Å². The minimum absolute atomic E-state index is 0.0383. The quantitative estimate of drug-likeness (QED) is 0.572. The average Bonchev–Trinajstić information content (AvgIpc) is 2.16. The summed E-state index contributed by atoms with van der Waals surface area (Å²) in [4.78, 5) is 40.9. The molecule has 0 atom stereocenters. The van der Waals surface area contributed by atoms with E-state index in [4.69, 9.17) is 5.11 Å². The molecule has 7 nitrogen and oxygen atoms in total. The first-order valence-electron chi connectivity index (χ1n) is 3.94. The molecule has 0 unspecified atom stereocenters. The van der Waals surface area contributed by atoms with E-state index in [1.807, 2.05) is 4.98 Å². The molecule has 2 rings (SSSR count). The van der Waals surface area contributed by atoms with Crippen LogP contribution in [0.1, 0.15) is 10.4 Å². The van der Waals surface area contributed by atoms with Gasteiger partial charge in [0.2, 0.25) is 0 Å². The number of nitrogens with zero attached hydrogens (tertiary/aromatic N) is 1. The summed E-state index contributed by atoms with van der Waals surface area (Å²) in [6.45, 7) is 0. The van der Waals surface area contributed by atoms with Crippen LogP contribution in [0.25, 0.3) is 11.0 Å². The smallest absolute Gasteiger partial charge is 0.336 e. The molecule has 0 saturated carbocycles. The maximum atomic E-state index is 11.3. The Kier molecular flexibility index (Phi) is 1.86. The molecular weight excluding hydrogens is 202 g/mol. The number of rotatable bonds is 1. The van der Waals surface area contributed by atoms with E-state index in [1.54, 1.807) is 0 Å². The number of nitrogens with one attached hydrogen (secondary N) is 2. The number of aromatic amines is 2. The lowest BCUT2D eigenvalue weighted by atomic mass is 10.2. The lowest BCUT2D eigenvalue weighted by molar-refractivity contribution is 0.0699. The van der Waals surface area contributed by atoms with Gasteiger partial charge in [-0.05, 0) is 6.07 Å². The largest absolute Gasteiger partial charge is 0.478 e. The predicted molar refractivity (Wildman–Crippen MR) is 49.9 cm³/mol. The third-order valence-corrected chi connectivity index (χ3v) is 1.87. The fourth-order valence-corrected chi connectivity index (χ4v) is 1.27. The zero-order chi connectivity index (χ0) is 11.0. The number of hydrogen-bond donors (Lipinski definition) is 3. The van der Waals surface area contributed by atoms with Gasteiger partial charge in [-0.15, -0.1) is 0 Å². The summed E-state index contributed by atoms with van der Waals surface area (Å²) in [5, 5.41) is 8.67. The normalized spacial score (nSPS) is 10.4. The molecule has 0 radical (unpaired) electrons. The zero-order valence-electron chi connectivity index (χ0n) is 7.27. The standard InChI is InChI=1S/C8H5N3O4/c12-6-4-3(7(13)14)1-2-9-5(4)10-8(15)11-6/h1-2H,(H,13,14)(H2,9,10,11,12,15). The van der Waals surface area contributed by atoms with E-state index in [2.05, 4.69) is 9.97 Å². The number of pyridine rings is 1. The van der Waals surface area contributed by atoms with E-state index in [-0.39, 0.29) is 16.6 Å². The van der Waals surface area contributed by atoms with Crippen molar-refractivity contribution in [2.24, 2.45) is 0 Å². The van der Waals surface area contributed by atoms with Gasteiger partial charge in [0.15, 0.2) is 0 Å². The highest BCUT2D eigenvalue weighted by atomic mass is 16.4. The molecule has 7 heteroatoms. The Morgan fingerprint density at radius 1 is 1.33 bits per heavy atom. The summed E-state index contributed by atoms with van der Waals surface area (Å²) in [6.07, 6.45) is 1.21. The van der Waals surface area contributed by atoms with E-state index in [0.717, 1.165) is 0 Å². The number of carboxylic acid groups (broad SMARTS) is 1. The van der Waals surface area contributed by atoms with Gasteiger partial charge in [0.25, 0.3) is 5.56 Å². The van der Waals surface area contributed by atoms with Crippen LogP contribution in [0.2, 0.25) is 0 Å². The van der Waals surface area contributed by atoms with Crippen LogP contribution in [-0.2, 0) is 0 Å². The summed E-state index contributed by atoms with van der Waals surface area (Å²) in [6, 6.07) is 1.19. The molecule has 0 saturated heterocycles. The SMILES string of the molecule is O=C(O)c1ccnc2[nH]c(=O)[nH]c(=O)c12. The molecule has 0 amide bonds. The number of carboxylic acids is 1. The summed E-state index contributed by atoms with van der Waals surface area (Å²) in [5.41, 5.74) is -1.72. The molecule has 15 heavy (non-hydrogen) atoms. The van der Waals surface area contributed by atoms with Gasteiger partial charge in [-0.1, -0.05) is 0 Å². The van der Waals surface area contributed by atoms with Gasteiger partial charge < -0.3 is 5.11 Å². The maximum absolute atomic E-state index is 11.3. The Morgan fingerprint density at radius 2 is 2.07 bits per heavy atom. The van der Waals surface area contributed by atoms with Crippen LogP contribution in [-0.4, -0.2) is 26.0 Å². The Balaban J connectivity index is 3.05. The summed E-state index contributed by atoms with van der Waals surface area (Å²) >= 11 is 0. The lowest BCUT2D eigenvalue weighted by Gasteiger charge is -1.98. The summed E-state index contributed by atoms with van der Waals surface area (Å²) in [7, 11) is 0. The number of fused-ring (bicyclic) bond motifs is 1. The van der Waals surface area contributed by atoms with E-state index in [0.29, 0.717) is 0 Å². The van der Waals surface area contributed by atoms with Crippen molar-refractivity contribution in [3.8, 4) is 0 Å². The molecule has 2 aromatic heterocycles. The van der Waals surface area contributed by atoms with Crippen LogP contribution in [0, 0.1) is 0 Å². The molecule has 76 valence electrons. The number of carbonyl (C=O) groups is 1. The second-order valence-corrected chi connectivity index (χ2v) is 2.80. The van der Waals surface area contributed by atoms with E-state index >= 15 is 0 Å². The topological polar surface area (TPSA) is 116 Å². The second kappa shape index (κ2) is 3.05. The van der Waals surface area contributed by atoms with Crippen LogP contribution in [0.4, 0.5) is 0 Å². The van der Waals surface area contributed by atoms with Crippen molar-refractivity contribution in [2.75, 3.05) is 0 Å². The van der Waals surface area contributed by atoms with Crippen molar-refractivity contribution in [3.63, 3.8) is 0 Å². The van der Waals surface area contributed by atoms with Crippen molar-refractivity contribution in [3.05, 3.63) is 38.7 Å². The van der Waals surface area contributed by atoms with Crippen molar-refractivity contribution < 1.29 is 9.90 Å². The Bertz CT molecular complexity index is 655. The third kappa shape index (κ3) is 1.39. The van der Waals surface area contributed by atoms with Gasteiger partial charge >= 0.3 is 11.7 Å². The van der Waals surface area contributed by atoms with Crippen molar-refractivity contribution in [2.45, 2.75) is 0 Å². The third-order valence-electron chi connectivity index (χ3n) is 1.87. The van der Waals surface area contributed by atoms with Gasteiger partial charge in [-0.25, -0.2) is 14.6 Å². The second-order valence-electron chi connectivity index (χ2n) is 2.80. The monoisotopic (exact) mass is 207 g/mol. The van der Waals surface area contributed by atoms with Gasteiger partial charge in [0.1, 0.15) is 5.65 Å². The highest BCUT2D eigenvalue weighted by Crippen LogP contribution is 2.07. The molecule has 0 aliphatic carbocycles. The highest BCUT2D eigenvalue weighted by Gasteiger charge is 2.12. The fourth-order valence-electron chi connectivity index (χ4n) is 1.27. The van der Waals surface area contributed by atoms with Crippen LogP contribution in [0.3, 0.4) is 0 Å². The maximum Gasteiger partial charge on any atom is 0.336 e. The number of aromatic carboxylic acids is 1. The minimum atomic E-state index is -1.25. The van der Waals surface area contributed by atoms with Crippen LogP contribution < -0.4 is 11.2 Å². The van der Waals surface area contributed by atoms with E-state index in [1.165, 1.54) is 12.3 Å². The molecule has 0 aliphatic rings. The highest BCUT2D eigenvalue weighted by molar-refractivity contribution is 6.00. The summed E-state index contributed by atoms with van der Waals surface area (Å²) in [5.74, 6) is -1.25. The van der Waals surface area contributed by atoms with Crippen molar-refractivity contribution >= 4 is 17.0 Å². The summed E-state index contributed by atoms with van der Waals surface area (Å²) < 4.78 is 0. The van der Waals surface area contributed by atoms with Gasteiger partial charge in [0, 0.05) is 6.20 Å². The molecule has 2 aromatic rings. The minimum Gasteiger partial charge on any atom is -0.478 e. The number of H-pyrrole nitrogens is 2. The zero-order valence-corrected chi connectivity index (χ0v) is 7.27. The molecule has 2 heterocycles. The Labute approximate surface area is 81.4 Å². The molecule has 0 fully saturated rings. The van der Waals surface area contributed by atoms with E-state index in [9.17, 15) is 14.4 Å². The molecule has 0 aromatic carbocycles. The van der Waals surface area contributed by atoms with Crippen LogP contribution in [0.15, 0.2) is 21.9 Å². The first-order valence-corrected chi connectivity index (χ1v) is 3.94. The Morgan fingerprint density at radius 3 is 2.73 bits per heavy atom. The van der Waals surface area contributed by atoms with Crippen molar-refractivity contribution in [1.29, 1.82) is 0 Å². The van der Waals surface area contributed by atoms with Crippen molar-refractivity contribution in [1.82, 2.24) is 15.0 Å². The first kappa shape index (κ1) is 9.13. The average molecular weight is 207 g/mol. The lowest BCUT2D eigenvalue weighted by Crippen LogP contribution is -2.24. The molecule has 0 bridgehead atoms. The predicted octanol–water partition coefficient (Wildman–Crippen LogP) is -0.690. The van der Waals surface area contributed by atoms with E-state index < -0.39 is 17.2 Å². The van der Waals surface area contributed by atoms with Crippen LogP contribution in [0.5, 0.6) is 0 Å². The fraction of sp³-hybridized carbons (Fsp3) is 0. The Hall–Kier alpha value is -2.44. The van der Waals surface area contributed by atoms with Gasteiger partial charge in [-0.3, -0.25) is 14.8 Å². The van der Waals surface area contributed by atoms with Gasteiger partial charge in [-0.2, -0.15) is 0 Å². The molecule has 0 aliphatic heterocycles. The molecular formula is C8H5N3O4.